The summed E-state index contributed by atoms with van der Waals surface area (Å²) in [6.45, 7) is 5.59. The molecule has 0 saturated heterocycles. The number of unbranched alkanes of at least 4 members (excludes halogenated alkanes) is 3. The molecule has 4 heteroatoms. The molecule has 1 aromatic carbocycles. The molecular formula is C20H30O4. The van der Waals surface area contributed by atoms with Crippen LogP contribution in [0.5, 0.6) is 0 Å². The summed E-state index contributed by atoms with van der Waals surface area (Å²) in [7, 11) is 0. The lowest BCUT2D eigenvalue weighted by Crippen LogP contribution is -2.23. The van der Waals surface area contributed by atoms with Crippen LogP contribution in [-0.4, -0.2) is 22.6 Å². The summed E-state index contributed by atoms with van der Waals surface area (Å²) in [5.74, 6) is -1.22. The fraction of sp³-hybridized carbons (Fsp3) is 0.600. The maximum Gasteiger partial charge on any atom is 0.306 e. The van der Waals surface area contributed by atoms with Gasteiger partial charge in [0, 0.05) is 6.42 Å². The summed E-state index contributed by atoms with van der Waals surface area (Å²) in [5, 5.41) is 9.36. The summed E-state index contributed by atoms with van der Waals surface area (Å²) < 4.78 is 5.26. The largest absolute Gasteiger partial charge is 0.481 e. The van der Waals surface area contributed by atoms with E-state index in [0.717, 1.165) is 31.2 Å². The quantitative estimate of drug-likeness (QED) is 0.501. The Morgan fingerprint density at radius 3 is 2.25 bits per heavy atom. The normalized spacial score (nSPS) is 12.6. The maximum atomic E-state index is 11.6. The maximum absolute atomic E-state index is 11.6. The Bertz CT molecular complexity index is 502. The van der Waals surface area contributed by atoms with Crippen molar-refractivity contribution in [3.63, 3.8) is 0 Å². The van der Waals surface area contributed by atoms with Crippen LogP contribution in [0, 0.1) is 5.92 Å². The molecule has 1 aromatic rings. The van der Waals surface area contributed by atoms with Gasteiger partial charge in [0.2, 0.25) is 0 Å². The minimum Gasteiger partial charge on any atom is -0.481 e. The molecule has 4 nitrogen and oxygen atoms in total. The SMILES string of the molecule is CC(C)(C)OC(=O)CCCCCCC(Cc1ccccc1)C(=O)O. The van der Waals surface area contributed by atoms with Crippen molar-refractivity contribution < 1.29 is 19.4 Å². The van der Waals surface area contributed by atoms with Gasteiger partial charge < -0.3 is 9.84 Å². The van der Waals surface area contributed by atoms with Crippen LogP contribution in [0.1, 0.15) is 64.9 Å². The lowest BCUT2D eigenvalue weighted by molar-refractivity contribution is -0.155. The molecule has 0 aromatic heterocycles. The van der Waals surface area contributed by atoms with Crippen LogP contribution in [-0.2, 0) is 20.7 Å². The van der Waals surface area contributed by atoms with E-state index in [1.165, 1.54) is 0 Å². The molecule has 1 N–H and O–H groups in total. The third kappa shape index (κ3) is 9.33. The smallest absolute Gasteiger partial charge is 0.306 e. The van der Waals surface area contributed by atoms with Crippen LogP contribution < -0.4 is 0 Å². The van der Waals surface area contributed by atoms with E-state index in [9.17, 15) is 14.7 Å². The van der Waals surface area contributed by atoms with E-state index in [1.54, 1.807) is 0 Å². The second-order valence-electron chi connectivity index (χ2n) is 7.26. The average molecular weight is 334 g/mol. The number of hydrogen-bond acceptors (Lipinski definition) is 3. The second kappa shape index (κ2) is 10.1. The van der Waals surface area contributed by atoms with Crippen LogP contribution in [0.4, 0.5) is 0 Å². The van der Waals surface area contributed by atoms with Gasteiger partial charge in [0.25, 0.3) is 0 Å². The van der Waals surface area contributed by atoms with E-state index in [0.29, 0.717) is 19.3 Å². The van der Waals surface area contributed by atoms with Gasteiger partial charge >= 0.3 is 11.9 Å². The molecule has 0 heterocycles. The number of ether oxygens (including phenoxy) is 1. The number of carboxylic acid groups (broad SMARTS) is 1. The van der Waals surface area contributed by atoms with E-state index in [2.05, 4.69) is 0 Å². The van der Waals surface area contributed by atoms with E-state index in [1.807, 2.05) is 51.1 Å². The highest BCUT2D eigenvalue weighted by atomic mass is 16.6. The molecule has 0 aliphatic rings. The first kappa shape index (κ1) is 20.2. The van der Waals surface area contributed by atoms with Crippen molar-refractivity contribution in [2.45, 2.75) is 71.3 Å². The number of rotatable bonds is 10. The minimum atomic E-state index is -0.729. The molecule has 1 rings (SSSR count). The number of carbonyl (C=O) groups excluding carboxylic acids is 1. The fourth-order valence-corrected chi connectivity index (χ4v) is 2.62. The third-order valence-corrected chi connectivity index (χ3v) is 3.78. The van der Waals surface area contributed by atoms with Crippen LogP contribution in [0.15, 0.2) is 30.3 Å². The first-order valence-corrected chi connectivity index (χ1v) is 8.76. The van der Waals surface area contributed by atoms with Crippen LogP contribution in [0.25, 0.3) is 0 Å². The Balaban J connectivity index is 2.20. The Hall–Kier alpha value is -1.84. The van der Waals surface area contributed by atoms with E-state index in [4.69, 9.17) is 4.74 Å². The van der Waals surface area contributed by atoms with Gasteiger partial charge in [0.1, 0.15) is 5.60 Å². The predicted molar refractivity (Wildman–Crippen MR) is 94.8 cm³/mol. The highest BCUT2D eigenvalue weighted by Gasteiger charge is 2.18. The zero-order valence-electron chi connectivity index (χ0n) is 15.1. The zero-order valence-corrected chi connectivity index (χ0v) is 15.1. The number of carbonyl (C=O) groups is 2. The Morgan fingerprint density at radius 2 is 1.67 bits per heavy atom. The number of hydrogen-bond donors (Lipinski definition) is 1. The molecular weight excluding hydrogens is 304 g/mol. The van der Waals surface area contributed by atoms with Gasteiger partial charge in [-0.25, -0.2) is 0 Å². The van der Waals surface area contributed by atoms with Gasteiger partial charge in [-0.15, -0.1) is 0 Å². The molecule has 24 heavy (non-hydrogen) atoms. The third-order valence-electron chi connectivity index (χ3n) is 3.78. The number of aliphatic carboxylic acids is 1. The van der Waals surface area contributed by atoms with Crippen LogP contribution in [0.2, 0.25) is 0 Å². The fourth-order valence-electron chi connectivity index (χ4n) is 2.62. The zero-order chi connectivity index (χ0) is 18.0. The minimum absolute atomic E-state index is 0.157. The van der Waals surface area contributed by atoms with Crippen LogP contribution in [0.3, 0.4) is 0 Å². The molecule has 0 aliphatic carbocycles. The van der Waals surface area contributed by atoms with Crippen molar-refractivity contribution in [3.8, 4) is 0 Å². The number of benzene rings is 1. The molecule has 0 amide bonds. The molecule has 0 bridgehead atoms. The van der Waals surface area contributed by atoms with Gasteiger partial charge in [-0.3, -0.25) is 9.59 Å². The van der Waals surface area contributed by atoms with Crippen molar-refractivity contribution in [2.24, 2.45) is 5.92 Å². The first-order chi connectivity index (χ1) is 11.3. The molecule has 1 atom stereocenters. The Morgan fingerprint density at radius 1 is 1.04 bits per heavy atom. The molecule has 0 saturated carbocycles. The lowest BCUT2D eigenvalue weighted by atomic mass is 9.93. The monoisotopic (exact) mass is 334 g/mol. The van der Waals surface area contributed by atoms with Crippen molar-refractivity contribution in [3.05, 3.63) is 35.9 Å². The topological polar surface area (TPSA) is 63.6 Å². The summed E-state index contributed by atoms with van der Waals surface area (Å²) in [6.07, 6.45) is 5.23. The number of esters is 1. The van der Waals surface area contributed by atoms with E-state index < -0.39 is 11.6 Å². The lowest BCUT2D eigenvalue weighted by Gasteiger charge is -2.19. The van der Waals surface area contributed by atoms with E-state index in [-0.39, 0.29) is 11.9 Å². The van der Waals surface area contributed by atoms with Gasteiger partial charge in [-0.1, -0.05) is 49.6 Å². The standard InChI is InChI=1S/C20H30O4/c1-20(2,3)24-18(21)14-10-5-4-9-13-17(19(22)23)15-16-11-7-6-8-12-16/h6-8,11-12,17H,4-5,9-10,13-15H2,1-3H3,(H,22,23). The second-order valence-corrected chi connectivity index (χ2v) is 7.26. The Labute approximate surface area is 145 Å². The first-order valence-electron chi connectivity index (χ1n) is 8.76. The summed E-state index contributed by atoms with van der Waals surface area (Å²) in [6, 6.07) is 9.74. The van der Waals surface area contributed by atoms with Gasteiger partial charge in [0.05, 0.1) is 5.92 Å². The van der Waals surface area contributed by atoms with Crippen LogP contribution >= 0.6 is 0 Å². The van der Waals surface area contributed by atoms with Gasteiger partial charge in [0.15, 0.2) is 0 Å². The highest BCUT2D eigenvalue weighted by molar-refractivity contribution is 5.70. The van der Waals surface area contributed by atoms with Gasteiger partial charge in [-0.2, -0.15) is 0 Å². The molecule has 0 spiro atoms. The summed E-state index contributed by atoms with van der Waals surface area (Å²) in [5.41, 5.74) is 0.637. The number of carboxylic acids is 1. The van der Waals surface area contributed by atoms with E-state index >= 15 is 0 Å². The van der Waals surface area contributed by atoms with Crippen molar-refractivity contribution in [1.29, 1.82) is 0 Å². The summed E-state index contributed by atoms with van der Waals surface area (Å²) >= 11 is 0. The average Bonchev–Trinajstić information content (AvgIpc) is 2.48. The molecule has 134 valence electrons. The predicted octanol–water partition coefficient (Wildman–Crippen LogP) is 4.61. The molecule has 0 aliphatic heterocycles. The Kier molecular flexibility index (Phi) is 8.51. The molecule has 0 fully saturated rings. The van der Waals surface area contributed by atoms with Crippen molar-refractivity contribution >= 4 is 11.9 Å². The molecule has 0 radical (unpaired) electrons. The highest BCUT2D eigenvalue weighted by Crippen LogP contribution is 2.18. The summed E-state index contributed by atoms with van der Waals surface area (Å²) in [4.78, 5) is 23.0. The molecule has 1 unspecified atom stereocenters. The van der Waals surface area contributed by atoms with Crippen molar-refractivity contribution in [2.75, 3.05) is 0 Å². The van der Waals surface area contributed by atoms with Gasteiger partial charge in [-0.05, 0) is 45.6 Å². The van der Waals surface area contributed by atoms with Crippen molar-refractivity contribution in [1.82, 2.24) is 0 Å².